The number of thiophene rings is 1. The summed E-state index contributed by atoms with van der Waals surface area (Å²) in [7, 11) is 0. The molecule has 0 unspecified atom stereocenters. The van der Waals surface area contributed by atoms with E-state index in [4.69, 9.17) is 0 Å². The van der Waals surface area contributed by atoms with Crippen molar-refractivity contribution in [3.63, 3.8) is 0 Å². The molecule has 0 N–H and O–H groups in total. The van der Waals surface area contributed by atoms with Gasteiger partial charge in [0, 0.05) is 5.38 Å². The van der Waals surface area contributed by atoms with Crippen molar-refractivity contribution in [3.05, 3.63) is 22.4 Å². The molecule has 8 heavy (non-hydrogen) atoms. The molecule has 0 spiro atoms. The summed E-state index contributed by atoms with van der Waals surface area (Å²) < 4.78 is 0. The molecule has 0 saturated carbocycles. The highest BCUT2D eigenvalue weighted by Gasteiger charge is 2.01. The summed E-state index contributed by atoms with van der Waals surface area (Å²) in [4.78, 5) is 9.96. The Kier molecular flexibility index (Phi) is 1.30. The summed E-state index contributed by atoms with van der Waals surface area (Å²) in [6, 6.07) is 1.51. The van der Waals surface area contributed by atoms with Crippen molar-refractivity contribution >= 4 is 17.3 Å². The molecule has 0 saturated heterocycles. The molecule has 41 valence electrons. The molecular weight excluding hydrogens is 124 g/mol. The van der Waals surface area contributed by atoms with Crippen molar-refractivity contribution < 1.29 is 9.90 Å². The summed E-state index contributed by atoms with van der Waals surface area (Å²) >= 11 is 1.35. The van der Waals surface area contributed by atoms with Gasteiger partial charge in [0.15, 0.2) is 0 Å². The van der Waals surface area contributed by atoms with E-state index in [-0.39, 0.29) is 5.56 Å². The van der Waals surface area contributed by atoms with Crippen LogP contribution in [0, 0.1) is 0 Å². The predicted molar refractivity (Wildman–Crippen MR) is 29.3 cm³/mol. The highest BCUT2D eigenvalue weighted by molar-refractivity contribution is 7.08. The van der Waals surface area contributed by atoms with E-state index in [0.29, 0.717) is 0 Å². The quantitative estimate of drug-likeness (QED) is 0.560. The van der Waals surface area contributed by atoms with E-state index in [1.54, 1.807) is 5.38 Å². The molecule has 0 aliphatic carbocycles. The van der Waals surface area contributed by atoms with Gasteiger partial charge in [-0.15, -0.1) is 0 Å². The van der Waals surface area contributed by atoms with Gasteiger partial charge >= 0.3 is 5.97 Å². The zero-order chi connectivity index (χ0) is 5.98. The lowest BCUT2D eigenvalue weighted by molar-refractivity contribution is 0.0574. The van der Waals surface area contributed by atoms with Gasteiger partial charge in [-0.2, -0.15) is 11.3 Å². The zero-order valence-corrected chi connectivity index (χ0v) is 4.77. The highest BCUT2D eigenvalue weighted by Crippen LogP contribution is 2.04. The molecule has 0 aromatic carbocycles. The summed E-state index contributed by atoms with van der Waals surface area (Å²) in [5, 5.41) is 13.2. The van der Waals surface area contributed by atoms with Gasteiger partial charge in [0.05, 0.1) is 5.56 Å². The maximum absolute atomic E-state index is 9.96. The fourth-order valence-electron chi connectivity index (χ4n) is 0.381. The van der Waals surface area contributed by atoms with Crippen LogP contribution in [0.4, 0.5) is 0 Å². The average molecular weight is 127 g/mol. The van der Waals surface area contributed by atoms with E-state index in [1.165, 1.54) is 22.8 Å². The topological polar surface area (TPSA) is 37.0 Å². The third kappa shape index (κ3) is 0.869. The zero-order valence-electron chi connectivity index (χ0n) is 3.96. The maximum Gasteiger partial charge on any atom is 0.387 e. The minimum atomic E-state index is -1.11. The van der Waals surface area contributed by atoms with Crippen LogP contribution in [0.5, 0.6) is 0 Å². The first-order valence-electron chi connectivity index (χ1n) is 2.04. The van der Waals surface area contributed by atoms with Crippen molar-refractivity contribution in [2.45, 2.75) is 0 Å². The molecule has 0 aliphatic rings. The Morgan fingerprint density at radius 2 is 2.38 bits per heavy atom. The molecule has 0 aliphatic heterocycles. The Morgan fingerprint density at radius 3 is 2.62 bits per heavy atom. The van der Waals surface area contributed by atoms with Crippen LogP contribution in [0.2, 0.25) is 0 Å². The molecule has 0 bridgehead atoms. The van der Waals surface area contributed by atoms with Gasteiger partial charge in [0.2, 0.25) is 0 Å². The first-order valence-corrected chi connectivity index (χ1v) is 2.98. The van der Waals surface area contributed by atoms with Crippen molar-refractivity contribution in [3.8, 4) is 0 Å². The SMILES string of the molecule is [O]C(=O)c1ccsc1. The molecule has 0 fully saturated rings. The third-order valence-corrected chi connectivity index (χ3v) is 1.44. The van der Waals surface area contributed by atoms with Gasteiger partial charge in [-0.3, -0.25) is 0 Å². The average Bonchev–Trinajstić information content (AvgIpc) is 2.12. The van der Waals surface area contributed by atoms with Gasteiger partial charge in [0.25, 0.3) is 0 Å². The molecule has 0 atom stereocenters. The monoisotopic (exact) mass is 127 g/mol. The van der Waals surface area contributed by atoms with E-state index >= 15 is 0 Å². The summed E-state index contributed by atoms with van der Waals surface area (Å²) in [5.41, 5.74) is 0.259. The van der Waals surface area contributed by atoms with E-state index in [1.807, 2.05) is 0 Å². The minimum Gasteiger partial charge on any atom is -0.241 e. The number of hydrogen-bond acceptors (Lipinski definition) is 2. The lowest BCUT2D eigenvalue weighted by Gasteiger charge is -1.74. The van der Waals surface area contributed by atoms with Crippen LogP contribution in [0.3, 0.4) is 0 Å². The highest BCUT2D eigenvalue weighted by atomic mass is 32.1. The number of carbonyl (C=O) groups excluding carboxylic acids is 1. The van der Waals surface area contributed by atoms with Crippen molar-refractivity contribution in [2.24, 2.45) is 0 Å². The predicted octanol–water partition coefficient (Wildman–Crippen LogP) is 1.32. The molecular formula is C5H3O2S. The fraction of sp³-hybridized carbons (Fsp3) is 0. The molecule has 1 heterocycles. The number of carbonyl (C=O) groups is 1. The first kappa shape index (κ1) is 5.31. The van der Waals surface area contributed by atoms with Crippen molar-refractivity contribution in [2.75, 3.05) is 0 Å². The second-order valence-electron chi connectivity index (χ2n) is 1.30. The Balaban J connectivity index is 2.93. The lowest BCUT2D eigenvalue weighted by atomic mass is 10.4. The first-order chi connectivity index (χ1) is 3.80. The smallest absolute Gasteiger partial charge is 0.241 e. The van der Waals surface area contributed by atoms with Gasteiger partial charge in [0.1, 0.15) is 0 Å². The van der Waals surface area contributed by atoms with Gasteiger partial charge in [-0.25, -0.2) is 9.90 Å². The Labute approximate surface area is 50.4 Å². The van der Waals surface area contributed by atoms with Gasteiger partial charge in [-0.1, -0.05) is 0 Å². The molecule has 2 nitrogen and oxygen atoms in total. The van der Waals surface area contributed by atoms with Crippen LogP contribution in [0.25, 0.3) is 0 Å². The fourth-order valence-corrected chi connectivity index (χ4v) is 1.01. The van der Waals surface area contributed by atoms with Crippen LogP contribution in [0.1, 0.15) is 10.4 Å². The Hall–Kier alpha value is -0.830. The molecule has 0 amide bonds. The van der Waals surface area contributed by atoms with Crippen LogP contribution in [0.15, 0.2) is 16.8 Å². The second kappa shape index (κ2) is 1.96. The van der Waals surface area contributed by atoms with E-state index in [2.05, 4.69) is 0 Å². The van der Waals surface area contributed by atoms with Crippen molar-refractivity contribution in [1.82, 2.24) is 0 Å². The van der Waals surface area contributed by atoms with E-state index in [9.17, 15) is 9.90 Å². The standard InChI is InChI=1S/C5H3O2S/c6-5(7)4-1-2-8-3-4/h1-3H. The molecule has 1 rings (SSSR count). The van der Waals surface area contributed by atoms with Crippen LogP contribution < -0.4 is 0 Å². The van der Waals surface area contributed by atoms with Crippen LogP contribution >= 0.6 is 11.3 Å². The molecule has 3 heteroatoms. The normalized spacial score (nSPS) is 9.00. The molecule has 1 aromatic rings. The van der Waals surface area contributed by atoms with Gasteiger partial charge in [-0.05, 0) is 11.4 Å². The third-order valence-electron chi connectivity index (χ3n) is 0.757. The van der Waals surface area contributed by atoms with Gasteiger partial charge < -0.3 is 0 Å². The van der Waals surface area contributed by atoms with E-state index < -0.39 is 5.97 Å². The Bertz CT molecular complexity index is 178. The molecule has 1 radical (unpaired) electrons. The maximum atomic E-state index is 9.96. The number of rotatable bonds is 1. The Morgan fingerprint density at radius 1 is 1.62 bits per heavy atom. The number of hydrogen-bond donors (Lipinski definition) is 0. The largest absolute Gasteiger partial charge is 0.387 e. The summed E-state index contributed by atoms with van der Waals surface area (Å²) in [6.07, 6.45) is 0. The molecule has 1 aromatic heterocycles. The minimum absolute atomic E-state index is 0.259. The van der Waals surface area contributed by atoms with Crippen LogP contribution in [-0.4, -0.2) is 5.97 Å². The summed E-state index contributed by atoms with van der Waals surface area (Å²) in [5.74, 6) is -1.11. The van der Waals surface area contributed by atoms with Crippen LogP contribution in [-0.2, 0) is 5.11 Å². The summed E-state index contributed by atoms with van der Waals surface area (Å²) in [6.45, 7) is 0. The van der Waals surface area contributed by atoms with E-state index in [0.717, 1.165) is 0 Å². The second-order valence-corrected chi connectivity index (χ2v) is 2.08. The lowest BCUT2D eigenvalue weighted by Crippen LogP contribution is -1.88. The van der Waals surface area contributed by atoms with Crippen molar-refractivity contribution in [1.29, 1.82) is 0 Å².